The summed E-state index contributed by atoms with van der Waals surface area (Å²) in [6.07, 6.45) is 5.71. The summed E-state index contributed by atoms with van der Waals surface area (Å²) < 4.78 is 17.4. The Morgan fingerprint density at radius 1 is 1.27 bits per heavy atom. The fourth-order valence-electron chi connectivity index (χ4n) is 5.97. The highest BCUT2D eigenvalue weighted by atomic mass is 16.6. The molecular weight excluding hydrogens is 580 g/mol. The number of aliphatic hydroxyl groups is 4. The third kappa shape index (κ3) is 11.2. The van der Waals surface area contributed by atoms with E-state index in [1.54, 1.807) is 49.1 Å². The third-order valence-electron chi connectivity index (χ3n) is 9.36. The number of rotatable bonds is 9. The number of allylic oxidation sites excluding steroid dienone is 2. The standard InChI is InChI=1S/C34H56N2O9/c1-8-26(38)24(4)31-27(43-31)21-33(5,41)14-9-10-22(2)30-23(3)11-12-28(44-32(40)36-18-16-35(7)17-19-36)34(6,42)15-13-25(37)20-29(39)45-30/h9-12,14,23-28,30-31,37-38,41-42H,8,13,15-21H2,1-7H3/b12-11+,14-9+,22-10+/t23?,24?,25?,26?,27?,28?,30?,31-,33?,34?/m1/s1. The van der Waals surface area contributed by atoms with Crippen LogP contribution in [0.4, 0.5) is 4.79 Å². The number of epoxide rings is 1. The van der Waals surface area contributed by atoms with E-state index in [1.807, 2.05) is 34.7 Å². The molecule has 0 aromatic carbocycles. The van der Waals surface area contributed by atoms with Crippen molar-refractivity contribution >= 4 is 12.1 Å². The molecule has 3 rings (SSSR count). The number of carbonyl (C=O) groups is 2. The van der Waals surface area contributed by atoms with E-state index >= 15 is 0 Å². The predicted octanol–water partition coefficient (Wildman–Crippen LogP) is 2.96. The molecular formula is C34H56N2O9. The van der Waals surface area contributed by atoms with Gasteiger partial charge >= 0.3 is 12.1 Å². The molecule has 3 aliphatic rings. The number of esters is 1. The van der Waals surface area contributed by atoms with Gasteiger partial charge in [-0.05, 0) is 58.7 Å². The van der Waals surface area contributed by atoms with Gasteiger partial charge < -0.3 is 44.4 Å². The molecule has 4 N–H and O–H groups in total. The smallest absolute Gasteiger partial charge is 0.410 e. The molecule has 1 amide bonds. The molecule has 0 aromatic rings. The summed E-state index contributed by atoms with van der Waals surface area (Å²) in [4.78, 5) is 29.6. The number of amides is 1. The van der Waals surface area contributed by atoms with Crippen LogP contribution in [-0.2, 0) is 19.0 Å². The largest absolute Gasteiger partial charge is 0.457 e. The summed E-state index contributed by atoms with van der Waals surface area (Å²) in [6.45, 7) is 13.3. The molecule has 256 valence electrons. The summed E-state index contributed by atoms with van der Waals surface area (Å²) in [5.74, 6) is -0.942. The van der Waals surface area contributed by atoms with Gasteiger partial charge in [-0.2, -0.15) is 0 Å². The van der Waals surface area contributed by atoms with Crippen molar-refractivity contribution in [3.8, 4) is 0 Å². The van der Waals surface area contributed by atoms with E-state index in [4.69, 9.17) is 14.2 Å². The van der Waals surface area contributed by atoms with Gasteiger partial charge in [0.2, 0.25) is 0 Å². The first-order valence-corrected chi connectivity index (χ1v) is 16.4. The van der Waals surface area contributed by atoms with Crippen molar-refractivity contribution in [1.82, 2.24) is 9.80 Å². The second kappa shape index (κ2) is 16.0. The van der Waals surface area contributed by atoms with Crippen LogP contribution in [0.3, 0.4) is 0 Å². The number of ether oxygens (including phenoxy) is 3. The van der Waals surface area contributed by atoms with Crippen molar-refractivity contribution in [3.63, 3.8) is 0 Å². The molecule has 0 saturated carbocycles. The lowest BCUT2D eigenvalue weighted by Gasteiger charge is -2.36. The van der Waals surface area contributed by atoms with Crippen molar-refractivity contribution in [2.45, 2.75) is 121 Å². The summed E-state index contributed by atoms with van der Waals surface area (Å²) in [5, 5.41) is 43.0. The van der Waals surface area contributed by atoms with Crippen LogP contribution in [0, 0.1) is 11.8 Å². The number of carbonyl (C=O) groups excluding carboxylic acids is 2. The highest BCUT2D eigenvalue weighted by Gasteiger charge is 2.47. The first kappa shape index (κ1) is 37.2. The van der Waals surface area contributed by atoms with E-state index in [-0.39, 0.29) is 43.3 Å². The summed E-state index contributed by atoms with van der Waals surface area (Å²) >= 11 is 0. The Morgan fingerprint density at radius 3 is 2.58 bits per heavy atom. The van der Waals surface area contributed by atoms with Crippen molar-refractivity contribution in [3.05, 3.63) is 36.0 Å². The molecule has 0 spiro atoms. The van der Waals surface area contributed by atoms with Gasteiger partial charge in [-0.3, -0.25) is 4.79 Å². The number of cyclic esters (lactones) is 1. The minimum atomic E-state index is -1.48. The average Bonchev–Trinajstić information content (AvgIpc) is 3.73. The molecule has 11 nitrogen and oxygen atoms in total. The van der Waals surface area contributed by atoms with Gasteiger partial charge in [0, 0.05) is 44.4 Å². The maximum Gasteiger partial charge on any atom is 0.410 e. The molecule has 0 radical (unpaired) electrons. The van der Waals surface area contributed by atoms with Crippen LogP contribution < -0.4 is 0 Å². The zero-order valence-electron chi connectivity index (χ0n) is 28.1. The lowest BCUT2D eigenvalue weighted by Crippen LogP contribution is -2.50. The predicted molar refractivity (Wildman–Crippen MR) is 170 cm³/mol. The highest BCUT2D eigenvalue weighted by Crippen LogP contribution is 2.37. The SMILES string of the molecule is CCC(O)C(C)[C@H]1OC1CC(C)(O)/C=C/C=C(\C)C1OC(=O)CC(O)CCC(C)(O)C(OC(=O)N2CCN(C)CC2)/C=C/C1C. The molecule has 0 bridgehead atoms. The van der Waals surface area contributed by atoms with Gasteiger partial charge in [-0.15, -0.1) is 0 Å². The number of aliphatic hydroxyl groups excluding tert-OH is 2. The third-order valence-corrected chi connectivity index (χ3v) is 9.36. The summed E-state index contributed by atoms with van der Waals surface area (Å²) in [6, 6.07) is 0. The zero-order chi connectivity index (χ0) is 33.5. The Morgan fingerprint density at radius 2 is 1.93 bits per heavy atom. The molecule has 3 heterocycles. The van der Waals surface area contributed by atoms with E-state index in [0.717, 1.165) is 13.1 Å². The maximum absolute atomic E-state index is 13.0. The number of nitrogens with zero attached hydrogens (tertiary/aromatic N) is 2. The molecule has 10 atom stereocenters. The van der Waals surface area contributed by atoms with Crippen LogP contribution in [0.15, 0.2) is 36.0 Å². The van der Waals surface area contributed by atoms with Gasteiger partial charge in [0.25, 0.3) is 0 Å². The minimum absolute atomic E-state index is 0.00985. The Bertz CT molecular complexity index is 1080. The second-order valence-electron chi connectivity index (χ2n) is 13.8. The van der Waals surface area contributed by atoms with E-state index in [2.05, 4.69) is 4.90 Å². The molecule has 0 aliphatic carbocycles. The molecule has 3 aliphatic heterocycles. The second-order valence-corrected chi connectivity index (χ2v) is 13.8. The Kier molecular flexibility index (Phi) is 13.2. The van der Waals surface area contributed by atoms with E-state index in [1.165, 1.54) is 0 Å². The normalized spacial score (nSPS) is 35.8. The van der Waals surface area contributed by atoms with Crippen LogP contribution in [0.5, 0.6) is 0 Å². The molecule has 0 aromatic heterocycles. The number of piperazine rings is 1. The van der Waals surface area contributed by atoms with Crippen molar-refractivity contribution in [1.29, 1.82) is 0 Å². The minimum Gasteiger partial charge on any atom is -0.457 e. The fraction of sp³-hybridized carbons (Fsp3) is 0.765. The lowest BCUT2D eigenvalue weighted by molar-refractivity contribution is -0.151. The monoisotopic (exact) mass is 636 g/mol. The molecule has 9 unspecified atom stereocenters. The lowest BCUT2D eigenvalue weighted by atomic mass is 9.88. The number of likely N-dealkylation sites (N-methyl/N-ethyl adjacent to an activating group) is 1. The highest BCUT2D eigenvalue weighted by molar-refractivity contribution is 5.70. The van der Waals surface area contributed by atoms with Gasteiger partial charge in [-0.1, -0.05) is 45.1 Å². The maximum atomic E-state index is 13.0. The van der Waals surface area contributed by atoms with Gasteiger partial charge in [0.05, 0.1) is 36.4 Å². The summed E-state index contributed by atoms with van der Waals surface area (Å²) in [7, 11) is 1.99. The van der Waals surface area contributed by atoms with E-state index < -0.39 is 47.7 Å². The van der Waals surface area contributed by atoms with Crippen LogP contribution in [-0.4, -0.2) is 123 Å². The van der Waals surface area contributed by atoms with Crippen molar-refractivity contribution < 1.29 is 44.2 Å². The molecule has 11 heteroatoms. The zero-order valence-corrected chi connectivity index (χ0v) is 28.1. The topological polar surface area (TPSA) is 153 Å². The van der Waals surface area contributed by atoms with Gasteiger partial charge in [0.15, 0.2) is 6.10 Å². The van der Waals surface area contributed by atoms with Crippen LogP contribution in [0.25, 0.3) is 0 Å². The van der Waals surface area contributed by atoms with Crippen molar-refractivity contribution in [2.75, 3.05) is 33.2 Å². The Labute approximate surface area is 268 Å². The first-order valence-electron chi connectivity index (χ1n) is 16.4. The molecule has 45 heavy (non-hydrogen) atoms. The van der Waals surface area contributed by atoms with Crippen LogP contribution >= 0.6 is 0 Å². The molecule has 2 fully saturated rings. The molecule has 2 saturated heterocycles. The summed E-state index contributed by atoms with van der Waals surface area (Å²) in [5.41, 5.74) is -1.93. The van der Waals surface area contributed by atoms with Crippen LogP contribution in [0.1, 0.15) is 73.6 Å². The van der Waals surface area contributed by atoms with Crippen molar-refractivity contribution in [2.24, 2.45) is 11.8 Å². The number of hydrogen-bond acceptors (Lipinski definition) is 10. The fourth-order valence-corrected chi connectivity index (χ4v) is 5.97. The van der Waals surface area contributed by atoms with E-state index in [0.29, 0.717) is 31.5 Å². The first-order chi connectivity index (χ1) is 21.0. The quantitative estimate of drug-likeness (QED) is 0.129. The Balaban J connectivity index is 1.74. The van der Waals surface area contributed by atoms with Crippen LogP contribution in [0.2, 0.25) is 0 Å². The number of hydrogen-bond donors (Lipinski definition) is 4. The Hall–Kier alpha value is -2.28. The van der Waals surface area contributed by atoms with E-state index in [9.17, 15) is 30.0 Å². The van der Waals surface area contributed by atoms with Gasteiger partial charge in [0.1, 0.15) is 11.7 Å². The van der Waals surface area contributed by atoms with Gasteiger partial charge in [-0.25, -0.2) is 4.79 Å². The average molecular weight is 637 g/mol.